The van der Waals surface area contributed by atoms with Gasteiger partial charge in [0.2, 0.25) is 0 Å². The fraction of sp³-hybridized carbons (Fsp3) is 0.143. The zero-order valence-electron chi connectivity index (χ0n) is 17.0. The molecule has 0 fully saturated rings. The second-order valence-electron chi connectivity index (χ2n) is 7.85. The molecule has 1 atom stereocenters. The van der Waals surface area contributed by atoms with E-state index >= 15 is 0 Å². The van der Waals surface area contributed by atoms with E-state index in [0.717, 1.165) is 6.42 Å². The van der Waals surface area contributed by atoms with Gasteiger partial charge in [-0.2, -0.15) is 0 Å². The van der Waals surface area contributed by atoms with E-state index < -0.39 is 0 Å². The number of hydrogen-bond donors (Lipinski definition) is 0. The molecule has 0 saturated heterocycles. The molecule has 1 aromatic heterocycles. The Morgan fingerprint density at radius 3 is 1.90 bits per heavy atom. The van der Waals surface area contributed by atoms with Crippen molar-refractivity contribution in [3.63, 3.8) is 0 Å². The van der Waals surface area contributed by atoms with Crippen molar-refractivity contribution in [1.29, 1.82) is 0 Å². The number of aromatic nitrogens is 1. The van der Waals surface area contributed by atoms with Gasteiger partial charge in [0.25, 0.3) is 0 Å². The average Bonchev–Trinajstić information content (AvgIpc) is 3.13. The molecule has 0 bridgehead atoms. The molecule has 1 unspecified atom stereocenters. The first kappa shape index (κ1) is 17.8. The van der Waals surface area contributed by atoms with Gasteiger partial charge in [0.1, 0.15) is 0 Å². The quantitative estimate of drug-likeness (QED) is 0.300. The molecule has 0 N–H and O–H groups in total. The Labute approximate surface area is 172 Å². The second kappa shape index (κ2) is 7.25. The van der Waals surface area contributed by atoms with Gasteiger partial charge in [-0.25, -0.2) is 0 Å². The summed E-state index contributed by atoms with van der Waals surface area (Å²) in [5.41, 5.74) is 7.65. The Bertz CT molecular complexity index is 1260. The van der Waals surface area contributed by atoms with Gasteiger partial charge in [-0.3, -0.25) is 0 Å². The minimum absolute atomic E-state index is 0.579. The molecule has 0 aliphatic carbocycles. The van der Waals surface area contributed by atoms with Crippen molar-refractivity contribution >= 4 is 21.8 Å². The lowest BCUT2D eigenvalue weighted by Gasteiger charge is -2.13. The van der Waals surface area contributed by atoms with Crippen LogP contribution in [0.25, 0.3) is 38.6 Å². The summed E-state index contributed by atoms with van der Waals surface area (Å²) in [4.78, 5) is 0. The van der Waals surface area contributed by atoms with Gasteiger partial charge in [-0.1, -0.05) is 86.6 Å². The Morgan fingerprint density at radius 2 is 1.24 bits per heavy atom. The van der Waals surface area contributed by atoms with E-state index in [-0.39, 0.29) is 0 Å². The SMILES string of the molecule is CCC(C)c1cccc(-c2cccc(-n3c4ccccc4c4ccccc43)c2)c1. The standard InChI is InChI=1S/C28H25N/c1-3-20(2)21-10-8-11-22(18-21)23-12-9-13-24(19-23)29-27-16-6-4-14-25(27)26-15-5-7-17-28(26)29/h4-20H,3H2,1-2H3. The Kier molecular flexibility index (Phi) is 4.44. The molecule has 0 aliphatic rings. The van der Waals surface area contributed by atoms with Crippen LogP contribution in [-0.4, -0.2) is 4.57 Å². The summed E-state index contributed by atoms with van der Waals surface area (Å²) in [6.07, 6.45) is 1.16. The topological polar surface area (TPSA) is 4.93 Å². The van der Waals surface area contributed by atoms with Crippen LogP contribution in [0, 0.1) is 0 Å². The molecule has 1 heterocycles. The van der Waals surface area contributed by atoms with Crippen molar-refractivity contribution in [3.05, 3.63) is 103 Å². The van der Waals surface area contributed by atoms with E-state index in [1.807, 2.05) is 0 Å². The summed E-state index contributed by atoms with van der Waals surface area (Å²) in [7, 11) is 0. The summed E-state index contributed by atoms with van der Waals surface area (Å²) in [6, 6.07) is 35.2. The molecule has 5 aromatic rings. The van der Waals surface area contributed by atoms with E-state index in [2.05, 4.69) is 115 Å². The maximum absolute atomic E-state index is 2.38. The molecule has 142 valence electrons. The maximum Gasteiger partial charge on any atom is 0.0541 e. The maximum atomic E-state index is 2.38. The normalized spacial score (nSPS) is 12.5. The third-order valence-corrected chi connectivity index (χ3v) is 6.09. The number of rotatable bonds is 4. The van der Waals surface area contributed by atoms with Crippen molar-refractivity contribution in [2.75, 3.05) is 0 Å². The summed E-state index contributed by atoms with van der Waals surface area (Å²) in [5.74, 6) is 0.579. The molecule has 0 saturated carbocycles. The van der Waals surface area contributed by atoms with E-state index in [1.165, 1.54) is 44.2 Å². The molecule has 1 nitrogen and oxygen atoms in total. The minimum Gasteiger partial charge on any atom is -0.309 e. The monoisotopic (exact) mass is 375 g/mol. The fourth-order valence-electron chi connectivity index (χ4n) is 4.29. The molecule has 1 heteroatoms. The van der Waals surface area contributed by atoms with Crippen LogP contribution in [-0.2, 0) is 0 Å². The van der Waals surface area contributed by atoms with Crippen LogP contribution in [0.5, 0.6) is 0 Å². The van der Waals surface area contributed by atoms with Crippen LogP contribution in [0.2, 0.25) is 0 Å². The van der Waals surface area contributed by atoms with Crippen molar-refractivity contribution in [1.82, 2.24) is 4.57 Å². The Hall–Kier alpha value is -3.32. The zero-order chi connectivity index (χ0) is 19.8. The molecule has 0 amide bonds. The first-order valence-corrected chi connectivity index (χ1v) is 10.4. The van der Waals surface area contributed by atoms with Gasteiger partial charge in [-0.15, -0.1) is 0 Å². The average molecular weight is 376 g/mol. The van der Waals surface area contributed by atoms with Crippen LogP contribution in [0.3, 0.4) is 0 Å². The molecular weight excluding hydrogens is 350 g/mol. The van der Waals surface area contributed by atoms with Gasteiger partial charge in [0.05, 0.1) is 11.0 Å². The summed E-state index contributed by atoms with van der Waals surface area (Å²) < 4.78 is 2.38. The zero-order valence-corrected chi connectivity index (χ0v) is 17.0. The van der Waals surface area contributed by atoms with Crippen molar-refractivity contribution < 1.29 is 0 Å². The first-order valence-electron chi connectivity index (χ1n) is 10.4. The Balaban J connectivity index is 1.70. The van der Waals surface area contributed by atoms with Gasteiger partial charge in [0, 0.05) is 16.5 Å². The van der Waals surface area contributed by atoms with Gasteiger partial charge >= 0.3 is 0 Å². The van der Waals surface area contributed by atoms with Crippen molar-refractivity contribution in [3.8, 4) is 16.8 Å². The van der Waals surface area contributed by atoms with E-state index in [1.54, 1.807) is 0 Å². The highest BCUT2D eigenvalue weighted by Gasteiger charge is 2.12. The highest BCUT2D eigenvalue weighted by Crippen LogP contribution is 2.33. The van der Waals surface area contributed by atoms with Crippen LogP contribution in [0.15, 0.2) is 97.1 Å². The van der Waals surface area contributed by atoms with Crippen LogP contribution in [0.1, 0.15) is 31.7 Å². The predicted octanol–water partition coefficient (Wildman–Crippen LogP) is 7.96. The summed E-state index contributed by atoms with van der Waals surface area (Å²) in [5, 5.41) is 2.60. The van der Waals surface area contributed by atoms with Gasteiger partial charge < -0.3 is 4.57 Å². The van der Waals surface area contributed by atoms with Crippen LogP contribution < -0.4 is 0 Å². The van der Waals surface area contributed by atoms with Gasteiger partial charge in [-0.05, 0) is 53.3 Å². The molecule has 0 spiro atoms. The molecule has 0 radical (unpaired) electrons. The number of benzene rings is 4. The molecule has 4 aromatic carbocycles. The third kappa shape index (κ3) is 3.03. The minimum atomic E-state index is 0.579. The van der Waals surface area contributed by atoms with Crippen molar-refractivity contribution in [2.45, 2.75) is 26.2 Å². The third-order valence-electron chi connectivity index (χ3n) is 6.09. The van der Waals surface area contributed by atoms with Crippen LogP contribution >= 0.6 is 0 Å². The van der Waals surface area contributed by atoms with E-state index in [4.69, 9.17) is 0 Å². The van der Waals surface area contributed by atoms with Crippen molar-refractivity contribution in [2.24, 2.45) is 0 Å². The lowest BCUT2D eigenvalue weighted by molar-refractivity contribution is 0.734. The van der Waals surface area contributed by atoms with E-state index in [0.29, 0.717) is 5.92 Å². The second-order valence-corrected chi connectivity index (χ2v) is 7.85. The first-order chi connectivity index (χ1) is 14.3. The van der Waals surface area contributed by atoms with Gasteiger partial charge in [0.15, 0.2) is 0 Å². The number of nitrogens with zero attached hydrogens (tertiary/aromatic N) is 1. The number of fused-ring (bicyclic) bond motifs is 3. The Morgan fingerprint density at radius 1 is 0.655 bits per heavy atom. The smallest absolute Gasteiger partial charge is 0.0541 e. The number of hydrogen-bond acceptors (Lipinski definition) is 0. The molecule has 5 rings (SSSR count). The molecule has 29 heavy (non-hydrogen) atoms. The fourth-order valence-corrected chi connectivity index (χ4v) is 4.29. The highest BCUT2D eigenvalue weighted by molar-refractivity contribution is 6.09. The molecule has 0 aliphatic heterocycles. The molecular formula is C28H25N. The summed E-state index contributed by atoms with van der Waals surface area (Å²) in [6.45, 7) is 4.55. The summed E-state index contributed by atoms with van der Waals surface area (Å²) >= 11 is 0. The lowest BCUT2D eigenvalue weighted by Crippen LogP contribution is -1.95. The lowest BCUT2D eigenvalue weighted by atomic mass is 9.94. The predicted molar refractivity (Wildman–Crippen MR) is 125 cm³/mol. The highest BCUT2D eigenvalue weighted by atomic mass is 15.0. The van der Waals surface area contributed by atoms with E-state index in [9.17, 15) is 0 Å². The van der Waals surface area contributed by atoms with Crippen LogP contribution in [0.4, 0.5) is 0 Å². The number of para-hydroxylation sites is 2. The largest absolute Gasteiger partial charge is 0.309 e.